The molecule has 0 amide bonds. The number of hydrogen-bond acceptors (Lipinski definition) is 8. The van der Waals surface area contributed by atoms with Gasteiger partial charge in [-0.3, -0.25) is 0 Å². The van der Waals surface area contributed by atoms with E-state index in [0.717, 1.165) is 22.3 Å². The van der Waals surface area contributed by atoms with Crippen molar-refractivity contribution in [2.45, 2.75) is 64.9 Å². The Kier molecular flexibility index (Phi) is 12.6. The van der Waals surface area contributed by atoms with Gasteiger partial charge in [-0.1, -0.05) is 127 Å². The summed E-state index contributed by atoms with van der Waals surface area (Å²) in [6.45, 7) is 5.47. The Hall–Kier alpha value is -5.80. The van der Waals surface area contributed by atoms with Gasteiger partial charge in [0.05, 0.1) is 5.56 Å². The first-order valence-corrected chi connectivity index (χ1v) is 18.6. The second-order valence-corrected chi connectivity index (χ2v) is 13.2. The molecule has 0 spiro atoms. The van der Waals surface area contributed by atoms with E-state index >= 15 is 0 Å². The van der Waals surface area contributed by atoms with E-state index in [9.17, 15) is 5.11 Å². The van der Waals surface area contributed by atoms with Gasteiger partial charge in [0.15, 0.2) is 23.9 Å². The zero-order valence-electron chi connectivity index (χ0n) is 31.1. The third kappa shape index (κ3) is 9.85. The number of rotatable bonds is 17. The van der Waals surface area contributed by atoms with E-state index < -0.39 is 24.6 Å². The van der Waals surface area contributed by atoms with E-state index in [1.807, 2.05) is 166 Å². The number of aliphatic hydroxyl groups excluding tert-OH is 1. The summed E-state index contributed by atoms with van der Waals surface area (Å²) in [5.74, 6) is 2.58. The molecule has 8 heteroatoms. The zero-order valence-corrected chi connectivity index (χ0v) is 31.1. The highest BCUT2D eigenvalue weighted by atomic mass is 16.7. The van der Waals surface area contributed by atoms with Crippen molar-refractivity contribution >= 4 is 0 Å². The summed E-state index contributed by atoms with van der Waals surface area (Å²) in [7, 11) is 0. The van der Waals surface area contributed by atoms with E-state index in [1.165, 1.54) is 0 Å². The molecule has 1 unspecified atom stereocenters. The average molecular weight is 739 g/mol. The van der Waals surface area contributed by atoms with Crippen LogP contribution >= 0.6 is 0 Å². The molecule has 0 fully saturated rings. The molecule has 0 aliphatic carbocycles. The van der Waals surface area contributed by atoms with Gasteiger partial charge in [0.2, 0.25) is 0 Å². The Balaban J connectivity index is 1.25. The minimum absolute atomic E-state index is 0.287. The Morgan fingerprint density at radius 3 is 1.58 bits per heavy atom. The predicted molar refractivity (Wildman–Crippen MR) is 210 cm³/mol. The molecular formula is C47H46O8. The normalized spacial score (nSPS) is 16.7. The fourth-order valence-corrected chi connectivity index (χ4v) is 6.47. The molecule has 8 nitrogen and oxygen atoms in total. The van der Waals surface area contributed by atoms with Crippen LogP contribution in [0.2, 0.25) is 0 Å². The Morgan fingerprint density at radius 1 is 0.564 bits per heavy atom. The van der Waals surface area contributed by atoms with Gasteiger partial charge in [-0.25, -0.2) is 0 Å². The lowest BCUT2D eigenvalue weighted by molar-refractivity contribution is -0.202. The zero-order chi connectivity index (χ0) is 37.8. The Labute approximate surface area is 322 Å². The van der Waals surface area contributed by atoms with Crippen LogP contribution in [0.5, 0.6) is 28.7 Å². The summed E-state index contributed by atoms with van der Waals surface area (Å²) in [6, 6.07) is 49.0. The van der Waals surface area contributed by atoms with E-state index in [1.54, 1.807) is 0 Å². The molecule has 1 N–H and O–H groups in total. The first-order valence-electron chi connectivity index (χ1n) is 18.6. The Morgan fingerprint density at radius 2 is 1.05 bits per heavy atom. The summed E-state index contributed by atoms with van der Waals surface area (Å²) in [5.41, 5.74) is 5.29. The maximum atomic E-state index is 12.2. The second kappa shape index (κ2) is 18.5. The van der Waals surface area contributed by atoms with Crippen LogP contribution in [0.3, 0.4) is 0 Å². The molecule has 55 heavy (non-hydrogen) atoms. The smallest absolute Gasteiger partial charge is 0.162 e. The summed E-state index contributed by atoms with van der Waals surface area (Å²) < 4.78 is 44.6. The van der Waals surface area contributed by atoms with Crippen molar-refractivity contribution in [2.75, 3.05) is 6.61 Å². The SMILES string of the molecule is CCOC(C)O[C@H]1c2c(OCc3ccccc3)cc(OCc3ccccc3)cc2O[C@H](c2ccc(OCc3ccccc3)c(OCc3ccccc3)c2)[C@H]1O. The molecule has 7 rings (SSSR count). The largest absolute Gasteiger partial charge is 0.489 e. The van der Waals surface area contributed by atoms with Crippen molar-refractivity contribution in [1.82, 2.24) is 0 Å². The van der Waals surface area contributed by atoms with Crippen molar-refractivity contribution in [2.24, 2.45) is 0 Å². The molecule has 1 aliphatic rings. The number of benzene rings is 6. The van der Waals surface area contributed by atoms with Crippen molar-refractivity contribution in [3.05, 3.63) is 185 Å². The summed E-state index contributed by atoms with van der Waals surface area (Å²) in [4.78, 5) is 0. The van der Waals surface area contributed by atoms with Crippen LogP contribution in [0.15, 0.2) is 152 Å². The molecule has 1 aliphatic heterocycles. The summed E-state index contributed by atoms with van der Waals surface area (Å²) in [6.07, 6.45) is -3.54. The third-order valence-corrected chi connectivity index (χ3v) is 9.23. The van der Waals surface area contributed by atoms with Gasteiger partial charge in [0.25, 0.3) is 0 Å². The minimum Gasteiger partial charge on any atom is -0.489 e. The van der Waals surface area contributed by atoms with Crippen molar-refractivity contribution in [3.8, 4) is 28.7 Å². The van der Waals surface area contributed by atoms with Crippen LogP contribution in [-0.2, 0) is 35.9 Å². The predicted octanol–water partition coefficient (Wildman–Crippen LogP) is 9.94. The lowest BCUT2D eigenvalue weighted by Gasteiger charge is -2.39. The molecule has 1 heterocycles. The highest BCUT2D eigenvalue weighted by Gasteiger charge is 2.43. The van der Waals surface area contributed by atoms with E-state index in [-0.39, 0.29) is 6.61 Å². The molecular weight excluding hydrogens is 693 g/mol. The van der Waals surface area contributed by atoms with Crippen molar-refractivity contribution in [3.63, 3.8) is 0 Å². The van der Waals surface area contributed by atoms with Crippen LogP contribution in [0.4, 0.5) is 0 Å². The highest BCUT2D eigenvalue weighted by molar-refractivity contribution is 5.55. The van der Waals surface area contributed by atoms with E-state index in [4.69, 9.17) is 33.2 Å². The molecule has 0 saturated heterocycles. The first-order chi connectivity index (χ1) is 27.0. The van der Waals surface area contributed by atoms with E-state index in [2.05, 4.69) is 0 Å². The van der Waals surface area contributed by atoms with Crippen LogP contribution in [0.25, 0.3) is 0 Å². The fraction of sp³-hybridized carbons (Fsp3) is 0.234. The lowest BCUT2D eigenvalue weighted by Crippen LogP contribution is -2.38. The quantitative estimate of drug-likeness (QED) is 0.0927. The summed E-state index contributed by atoms with van der Waals surface area (Å²) in [5, 5.41) is 12.2. The lowest BCUT2D eigenvalue weighted by atomic mass is 9.91. The van der Waals surface area contributed by atoms with Gasteiger partial charge in [-0.2, -0.15) is 0 Å². The Bertz CT molecular complexity index is 2080. The van der Waals surface area contributed by atoms with Gasteiger partial charge in [0, 0.05) is 18.7 Å². The van der Waals surface area contributed by atoms with Gasteiger partial charge in [-0.15, -0.1) is 0 Å². The molecule has 282 valence electrons. The number of aliphatic hydroxyl groups is 1. The van der Waals surface area contributed by atoms with E-state index in [0.29, 0.717) is 66.3 Å². The van der Waals surface area contributed by atoms with Gasteiger partial charge in [-0.05, 0) is 53.8 Å². The van der Waals surface area contributed by atoms with Gasteiger partial charge < -0.3 is 38.3 Å². The monoisotopic (exact) mass is 738 g/mol. The third-order valence-electron chi connectivity index (χ3n) is 9.23. The molecule has 0 saturated carbocycles. The molecule has 0 aromatic heterocycles. The van der Waals surface area contributed by atoms with Gasteiger partial charge in [0.1, 0.15) is 55.9 Å². The van der Waals surface area contributed by atoms with Crippen LogP contribution in [0.1, 0.15) is 59.4 Å². The van der Waals surface area contributed by atoms with Crippen molar-refractivity contribution in [1.29, 1.82) is 0 Å². The van der Waals surface area contributed by atoms with Crippen LogP contribution in [-0.4, -0.2) is 24.1 Å². The average Bonchev–Trinajstić information content (AvgIpc) is 3.23. The summed E-state index contributed by atoms with van der Waals surface area (Å²) >= 11 is 0. The molecule has 6 aromatic carbocycles. The molecule has 0 radical (unpaired) electrons. The highest BCUT2D eigenvalue weighted by Crippen LogP contribution is 2.50. The molecule has 0 bridgehead atoms. The number of fused-ring (bicyclic) bond motifs is 1. The van der Waals surface area contributed by atoms with Crippen LogP contribution in [0, 0.1) is 0 Å². The molecule has 6 aromatic rings. The van der Waals surface area contributed by atoms with Crippen molar-refractivity contribution < 1.29 is 38.3 Å². The minimum atomic E-state index is -1.16. The van der Waals surface area contributed by atoms with Gasteiger partial charge >= 0.3 is 0 Å². The topological polar surface area (TPSA) is 84.8 Å². The fourth-order valence-electron chi connectivity index (χ4n) is 6.47. The standard InChI is InChI=1S/C47H46O8/c1-3-49-33(2)54-47-44-42(53-32-37-22-14-7-15-23-37)27-39(50-29-34-16-8-4-9-17-34)28-43(44)55-46(45(47)48)38-24-25-40(51-30-35-18-10-5-11-19-35)41(26-38)52-31-36-20-12-6-13-21-36/h4-28,33,45-48H,3,29-32H2,1-2H3/t33?,45-,46-,47+/m1/s1. The van der Waals surface area contributed by atoms with Crippen LogP contribution < -0.4 is 23.7 Å². The second-order valence-electron chi connectivity index (χ2n) is 13.2. The molecule has 4 atom stereocenters. The maximum absolute atomic E-state index is 12.2. The maximum Gasteiger partial charge on any atom is 0.162 e. The number of hydrogen-bond donors (Lipinski definition) is 1. The first kappa shape index (κ1) is 37.5. The number of ether oxygens (including phenoxy) is 7.